The van der Waals surface area contributed by atoms with Gasteiger partial charge in [0, 0.05) is 39.0 Å². The van der Waals surface area contributed by atoms with Crippen molar-refractivity contribution in [3.05, 3.63) is 65.8 Å². The lowest BCUT2D eigenvalue weighted by atomic mass is 10.1. The molecule has 0 bridgehead atoms. The highest BCUT2D eigenvalue weighted by atomic mass is 19.1. The normalized spacial score (nSPS) is 10.8. The maximum atomic E-state index is 14.5. The summed E-state index contributed by atoms with van der Waals surface area (Å²) in [4.78, 5) is 38.2. The molecule has 4 rings (SSSR count). The highest BCUT2D eigenvalue weighted by Crippen LogP contribution is 2.31. The van der Waals surface area contributed by atoms with Crippen LogP contribution in [0.2, 0.25) is 0 Å². The van der Waals surface area contributed by atoms with E-state index < -0.39 is 17.6 Å². The van der Waals surface area contributed by atoms with E-state index in [4.69, 9.17) is 4.74 Å². The average Bonchev–Trinajstić information content (AvgIpc) is 3.15. The number of nitrogens with one attached hydrogen (secondary N) is 1. The summed E-state index contributed by atoms with van der Waals surface area (Å²) in [5, 5.41) is 7.62. The summed E-state index contributed by atoms with van der Waals surface area (Å²) in [5.41, 5.74) is 1.17. The molecule has 0 saturated heterocycles. The number of aromatic nitrogens is 5. The molecule has 0 aliphatic carbocycles. The van der Waals surface area contributed by atoms with Crippen LogP contribution in [0.1, 0.15) is 26.5 Å². The van der Waals surface area contributed by atoms with E-state index in [2.05, 4.69) is 25.4 Å². The SMILES string of the molecule is Cc1cnc(NC(=O)c2cc(Oc3cnc(C(=O)N(C)C)c(F)c3)c3cn(C)nc3c2)cn1. The molecule has 0 saturated carbocycles. The van der Waals surface area contributed by atoms with E-state index in [9.17, 15) is 14.0 Å². The van der Waals surface area contributed by atoms with Crippen LogP contribution in [0.4, 0.5) is 10.2 Å². The van der Waals surface area contributed by atoms with E-state index in [0.717, 1.165) is 11.8 Å². The van der Waals surface area contributed by atoms with Gasteiger partial charge in [0.05, 0.1) is 35.2 Å². The number of hydrogen-bond donors (Lipinski definition) is 1. The number of rotatable bonds is 5. The molecule has 10 nitrogen and oxygen atoms in total. The predicted octanol–water partition coefficient (Wildman–Crippen LogP) is 2.95. The maximum absolute atomic E-state index is 14.5. The van der Waals surface area contributed by atoms with Crippen LogP contribution in [0.5, 0.6) is 11.5 Å². The molecule has 11 heteroatoms. The van der Waals surface area contributed by atoms with Gasteiger partial charge in [-0.2, -0.15) is 5.10 Å². The number of halogens is 1. The number of carbonyl (C=O) groups is 2. The summed E-state index contributed by atoms with van der Waals surface area (Å²) in [5.74, 6) is -1.20. The summed E-state index contributed by atoms with van der Waals surface area (Å²) < 4.78 is 21.9. The monoisotopic (exact) mass is 449 g/mol. The van der Waals surface area contributed by atoms with Crippen molar-refractivity contribution in [3.8, 4) is 11.5 Å². The number of amides is 2. The molecule has 0 spiro atoms. The van der Waals surface area contributed by atoms with E-state index in [1.807, 2.05) is 0 Å². The molecule has 0 atom stereocenters. The Hall–Kier alpha value is -4.41. The van der Waals surface area contributed by atoms with Crippen molar-refractivity contribution >= 4 is 28.5 Å². The van der Waals surface area contributed by atoms with Gasteiger partial charge in [-0.15, -0.1) is 0 Å². The second-order valence-electron chi connectivity index (χ2n) is 7.51. The molecule has 1 aromatic carbocycles. The molecule has 4 aromatic rings. The zero-order chi connectivity index (χ0) is 23.7. The Morgan fingerprint density at radius 2 is 1.88 bits per heavy atom. The Labute approximate surface area is 188 Å². The van der Waals surface area contributed by atoms with E-state index >= 15 is 0 Å². The highest BCUT2D eigenvalue weighted by Gasteiger charge is 2.19. The van der Waals surface area contributed by atoms with Gasteiger partial charge in [-0.05, 0) is 19.1 Å². The quantitative estimate of drug-likeness (QED) is 0.498. The highest BCUT2D eigenvalue weighted by molar-refractivity contribution is 6.06. The van der Waals surface area contributed by atoms with Crippen LogP contribution < -0.4 is 10.1 Å². The lowest BCUT2D eigenvalue weighted by Crippen LogP contribution is -2.24. The minimum atomic E-state index is -0.819. The molecule has 1 N–H and O–H groups in total. The Bertz CT molecular complexity index is 1370. The summed E-state index contributed by atoms with van der Waals surface area (Å²) in [7, 11) is 4.74. The van der Waals surface area contributed by atoms with E-state index in [0.29, 0.717) is 16.7 Å². The second-order valence-corrected chi connectivity index (χ2v) is 7.51. The van der Waals surface area contributed by atoms with E-state index in [1.54, 1.807) is 37.1 Å². The van der Waals surface area contributed by atoms with Gasteiger partial charge < -0.3 is 15.0 Å². The summed E-state index contributed by atoms with van der Waals surface area (Å²) in [6.07, 6.45) is 5.95. The minimum Gasteiger partial charge on any atom is -0.455 e. The van der Waals surface area contributed by atoms with Gasteiger partial charge in [0.15, 0.2) is 17.3 Å². The van der Waals surface area contributed by atoms with Gasteiger partial charge in [0.1, 0.15) is 11.5 Å². The Kier molecular flexibility index (Phi) is 5.69. The molecule has 168 valence electrons. The fourth-order valence-electron chi connectivity index (χ4n) is 3.04. The molecule has 2 amide bonds. The summed E-state index contributed by atoms with van der Waals surface area (Å²) in [6, 6.07) is 4.19. The van der Waals surface area contributed by atoms with Gasteiger partial charge in [-0.25, -0.2) is 14.4 Å². The van der Waals surface area contributed by atoms with Gasteiger partial charge >= 0.3 is 0 Å². The Morgan fingerprint density at radius 1 is 1.09 bits per heavy atom. The number of hydrogen-bond acceptors (Lipinski definition) is 7. The standard InChI is InChI=1S/C22H20FN7O3/c1-12-8-25-19(10-24-12)27-21(31)13-5-17-15(11-30(4)28-17)18(6-13)33-14-7-16(23)20(26-9-14)22(32)29(2)3/h5-11H,1-4H3,(H,25,27,31). The number of carbonyl (C=O) groups excluding carboxylic acids is 2. The number of nitrogens with zero attached hydrogens (tertiary/aromatic N) is 6. The number of fused-ring (bicyclic) bond motifs is 1. The number of ether oxygens (including phenoxy) is 1. The van der Waals surface area contributed by atoms with Crippen molar-refractivity contribution < 1.29 is 18.7 Å². The lowest BCUT2D eigenvalue weighted by Gasteiger charge is -2.12. The zero-order valence-electron chi connectivity index (χ0n) is 18.3. The fourth-order valence-corrected chi connectivity index (χ4v) is 3.04. The predicted molar refractivity (Wildman–Crippen MR) is 118 cm³/mol. The third-order valence-electron chi connectivity index (χ3n) is 4.64. The van der Waals surface area contributed by atoms with Crippen molar-refractivity contribution in [1.82, 2.24) is 29.6 Å². The van der Waals surface area contributed by atoms with E-state index in [-0.39, 0.29) is 22.8 Å². The molecule has 0 fully saturated rings. The van der Waals surface area contributed by atoms with Gasteiger partial charge in [-0.1, -0.05) is 0 Å². The first-order chi connectivity index (χ1) is 15.7. The van der Waals surface area contributed by atoms with Crippen molar-refractivity contribution in [2.24, 2.45) is 7.05 Å². The van der Waals surface area contributed by atoms with Crippen LogP contribution in [0.25, 0.3) is 10.9 Å². The number of aryl methyl sites for hydroxylation is 2. The van der Waals surface area contributed by atoms with Crippen LogP contribution in [0.15, 0.2) is 43.0 Å². The maximum Gasteiger partial charge on any atom is 0.274 e. The molecule has 33 heavy (non-hydrogen) atoms. The van der Waals surface area contributed by atoms with Crippen molar-refractivity contribution in [3.63, 3.8) is 0 Å². The zero-order valence-corrected chi connectivity index (χ0v) is 18.3. The molecule has 0 aliphatic heterocycles. The first-order valence-electron chi connectivity index (χ1n) is 9.83. The summed E-state index contributed by atoms with van der Waals surface area (Å²) in [6.45, 7) is 1.79. The van der Waals surface area contributed by atoms with Crippen molar-refractivity contribution in [2.45, 2.75) is 6.92 Å². The number of anilines is 1. The first-order valence-corrected chi connectivity index (χ1v) is 9.83. The van der Waals surface area contributed by atoms with Crippen molar-refractivity contribution in [1.29, 1.82) is 0 Å². The molecular weight excluding hydrogens is 429 g/mol. The lowest BCUT2D eigenvalue weighted by molar-refractivity contribution is 0.0816. The van der Waals surface area contributed by atoms with Gasteiger partial charge in [-0.3, -0.25) is 19.3 Å². The van der Waals surface area contributed by atoms with Crippen LogP contribution in [-0.2, 0) is 7.05 Å². The number of pyridine rings is 1. The number of benzene rings is 1. The fraction of sp³-hybridized carbons (Fsp3) is 0.182. The Morgan fingerprint density at radius 3 is 2.55 bits per heavy atom. The molecule has 3 aromatic heterocycles. The first kappa shape index (κ1) is 21.8. The second kappa shape index (κ2) is 8.61. The van der Waals surface area contributed by atoms with E-state index in [1.165, 1.54) is 37.5 Å². The van der Waals surface area contributed by atoms with Crippen LogP contribution in [0, 0.1) is 12.7 Å². The molecule has 0 radical (unpaired) electrons. The minimum absolute atomic E-state index is 0.0647. The smallest absolute Gasteiger partial charge is 0.274 e. The molecule has 3 heterocycles. The average molecular weight is 449 g/mol. The third kappa shape index (κ3) is 4.61. The van der Waals surface area contributed by atoms with Gasteiger partial charge in [0.25, 0.3) is 11.8 Å². The largest absolute Gasteiger partial charge is 0.455 e. The van der Waals surface area contributed by atoms with Crippen LogP contribution >= 0.6 is 0 Å². The Balaban J connectivity index is 1.67. The topological polar surface area (TPSA) is 115 Å². The molecular formula is C22H20FN7O3. The van der Waals surface area contributed by atoms with Crippen molar-refractivity contribution in [2.75, 3.05) is 19.4 Å². The third-order valence-corrected chi connectivity index (χ3v) is 4.64. The summed E-state index contributed by atoms with van der Waals surface area (Å²) >= 11 is 0. The van der Waals surface area contributed by atoms with Crippen LogP contribution in [0.3, 0.4) is 0 Å². The van der Waals surface area contributed by atoms with Gasteiger partial charge in [0.2, 0.25) is 0 Å². The molecule has 0 unspecified atom stereocenters. The molecule has 0 aliphatic rings. The van der Waals surface area contributed by atoms with Crippen LogP contribution in [-0.4, -0.2) is 55.5 Å².